The molecule has 6 heteroatoms. The summed E-state index contributed by atoms with van der Waals surface area (Å²) in [6.07, 6.45) is 1.73. The number of hydrogen-bond acceptors (Lipinski definition) is 3. The van der Waals surface area contributed by atoms with Crippen LogP contribution in [0.15, 0.2) is 53.4 Å². The van der Waals surface area contributed by atoms with Gasteiger partial charge in [0.05, 0.1) is 4.90 Å². The van der Waals surface area contributed by atoms with Crippen LogP contribution in [0.25, 0.3) is 0 Å². The molecule has 0 saturated heterocycles. The molecule has 0 aliphatic heterocycles. The number of nitrogens with one attached hydrogen (secondary N) is 1. The van der Waals surface area contributed by atoms with E-state index in [9.17, 15) is 13.2 Å². The first-order valence-electron chi connectivity index (χ1n) is 9.16. The van der Waals surface area contributed by atoms with Crippen molar-refractivity contribution in [1.29, 1.82) is 0 Å². The average molecular weight is 389 g/mol. The largest absolute Gasteiger partial charge is 0.342 e. The molecular weight excluding hydrogens is 360 g/mol. The number of hydrogen-bond donors (Lipinski definition) is 1. The number of carbonyl (C=O) groups excluding carboxylic acids is 1. The molecule has 0 heterocycles. The summed E-state index contributed by atoms with van der Waals surface area (Å²) in [5.41, 5.74) is 2.84. The molecule has 146 valence electrons. The maximum Gasteiger partial charge on any atom is 0.240 e. The van der Waals surface area contributed by atoms with Crippen LogP contribution >= 0.6 is 0 Å². The van der Waals surface area contributed by atoms with Crippen molar-refractivity contribution in [3.05, 3.63) is 65.2 Å². The van der Waals surface area contributed by atoms with Gasteiger partial charge in [-0.2, -0.15) is 0 Å². The van der Waals surface area contributed by atoms with E-state index in [0.29, 0.717) is 23.5 Å². The van der Waals surface area contributed by atoms with Crippen molar-refractivity contribution in [2.24, 2.45) is 0 Å². The molecule has 2 rings (SSSR count). The van der Waals surface area contributed by atoms with Gasteiger partial charge in [0.25, 0.3) is 0 Å². The molecule has 0 aliphatic carbocycles. The Morgan fingerprint density at radius 1 is 1.04 bits per heavy atom. The summed E-state index contributed by atoms with van der Waals surface area (Å²) in [6, 6.07) is 15.5. The molecule has 0 atom stereocenters. The van der Waals surface area contributed by atoms with E-state index in [1.165, 1.54) is 12.5 Å². The maximum atomic E-state index is 12.5. The van der Waals surface area contributed by atoms with Gasteiger partial charge >= 0.3 is 0 Å². The van der Waals surface area contributed by atoms with Gasteiger partial charge in [0.15, 0.2) is 0 Å². The second-order valence-corrected chi connectivity index (χ2v) is 8.50. The topological polar surface area (TPSA) is 66.5 Å². The number of carbonyl (C=O) groups is 1. The Hall–Kier alpha value is -2.18. The molecule has 5 nitrogen and oxygen atoms in total. The first kappa shape index (κ1) is 21.1. The second-order valence-electron chi connectivity index (χ2n) is 6.76. The molecule has 0 saturated carbocycles. The summed E-state index contributed by atoms with van der Waals surface area (Å²) in [4.78, 5) is 13.8. The molecule has 0 spiro atoms. The van der Waals surface area contributed by atoms with Crippen LogP contribution in [0.1, 0.15) is 30.0 Å². The minimum Gasteiger partial charge on any atom is -0.342 e. The van der Waals surface area contributed by atoms with Gasteiger partial charge in [0.2, 0.25) is 15.9 Å². The van der Waals surface area contributed by atoms with Crippen molar-refractivity contribution in [2.45, 2.75) is 38.5 Å². The minimum atomic E-state index is -3.59. The molecule has 0 radical (unpaired) electrons. The molecule has 0 unspecified atom stereocenters. The van der Waals surface area contributed by atoms with Crippen molar-refractivity contribution in [1.82, 2.24) is 9.62 Å². The summed E-state index contributed by atoms with van der Waals surface area (Å²) in [7, 11) is -3.59. The lowest BCUT2D eigenvalue weighted by atomic mass is 10.1. The first-order valence-corrected chi connectivity index (χ1v) is 10.6. The zero-order valence-electron chi connectivity index (χ0n) is 16.2. The van der Waals surface area contributed by atoms with Gasteiger partial charge in [-0.3, -0.25) is 4.79 Å². The highest BCUT2D eigenvalue weighted by molar-refractivity contribution is 7.89. The van der Waals surface area contributed by atoms with E-state index in [4.69, 9.17) is 0 Å². The third-order valence-electron chi connectivity index (χ3n) is 4.49. The number of benzene rings is 2. The van der Waals surface area contributed by atoms with E-state index < -0.39 is 10.0 Å². The Bertz CT molecular complexity index is 864. The summed E-state index contributed by atoms with van der Waals surface area (Å²) < 4.78 is 27.7. The lowest BCUT2D eigenvalue weighted by Crippen LogP contribution is -2.38. The molecule has 27 heavy (non-hydrogen) atoms. The fraction of sp³-hybridized carbons (Fsp3) is 0.381. The third-order valence-corrected chi connectivity index (χ3v) is 6.09. The van der Waals surface area contributed by atoms with Crippen molar-refractivity contribution in [3.8, 4) is 0 Å². The number of sulfonamides is 1. The third kappa shape index (κ3) is 6.48. The zero-order chi connectivity index (χ0) is 19.9. The maximum absolute atomic E-state index is 12.5. The van der Waals surface area contributed by atoms with Crippen LogP contribution in [0.5, 0.6) is 0 Å². The number of rotatable bonds is 9. The highest BCUT2D eigenvalue weighted by atomic mass is 32.2. The molecule has 2 aromatic rings. The van der Waals surface area contributed by atoms with Crippen LogP contribution < -0.4 is 4.72 Å². The van der Waals surface area contributed by atoms with E-state index in [2.05, 4.69) is 16.9 Å². The van der Waals surface area contributed by atoms with Gasteiger partial charge in [0.1, 0.15) is 0 Å². The fourth-order valence-electron chi connectivity index (χ4n) is 2.93. The van der Waals surface area contributed by atoms with Crippen LogP contribution in [0.3, 0.4) is 0 Å². The quantitative estimate of drug-likeness (QED) is 0.718. The average Bonchev–Trinajstić information content (AvgIpc) is 2.63. The van der Waals surface area contributed by atoms with Gasteiger partial charge in [-0.25, -0.2) is 13.1 Å². The Morgan fingerprint density at radius 3 is 2.41 bits per heavy atom. The van der Waals surface area contributed by atoms with E-state index in [1.807, 2.05) is 31.2 Å². The van der Waals surface area contributed by atoms with Crippen molar-refractivity contribution in [3.63, 3.8) is 0 Å². The number of amides is 1. The molecule has 1 N–H and O–H groups in total. The molecule has 0 aliphatic rings. The van der Waals surface area contributed by atoms with E-state index >= 15 is 0 Å². The van der Waals surface area contributed by atoms with Crippen LogP contribution in [-0.2, 0) is 21.2 Å². The molecule has 0 aromatic heterocycles. The van der Waals surface area contributed by atoms with Crippen LogP contribution in [0, 0.1) is 13.8 Å². The Morgan fingerprint density at radius 2 is 1.74 bits per heavy atom. The number of nitrogens with zero attached hydrogens (tertiary/aromatic N) is 1. The van der Waals surface area contributed by atoms with Gasteiger partial charge in [0, 0.05) is 26.6 Å². The summed E-state index contributed by atoms with van der Waals surface area (Å²) in [5, 5.41) is 0. The predicted octanol–water partition coefficient (Wildman–Crippen LogP) is 3.06. The zero-order valence-corrected chi connectivity index (χ0v) is 17.1. The van der Waals surface area contributed by atoms with Gasteiger partial charge in [-0.15, -0.1) is 0 Å². The smallest absolute Gasteiger partial charge is 0.240 e. The van der Waals surface area contributed by atoms with Crippen LogP contribution in [-0.4, -0.2) is 38.9 Å². The summed E-state index contributed by atoms with van der Waals surface area (Å²) in [6.45, 7) is 6.31. The second kappa shape index (κ2) is 9.67. The monoisotopic (exact) mass is 388 g/mol. The molecule has 0 fully saturated rings. The lowest BCUT2D eigenvalue weighted by molar-refractivity contribution is -0.128. The van der Waals surface area contributed by atoms with Gasteiger partial charge < -0.3 is 4.90 Å². The highest BCUT2D eigenvalue weighted by Crippen LogP contribution is 2.16. The lowest BCUT2D eigenvalue weighted by Gasteiger charge is -2.21. The van der Waals surface area contributed by atoms with E-state index in [0.717, 1.165) is 18.4 Å². The highest BCUT2D eigenvalue weighted by Gasteiger charge is 2.17. The van der Waals surface area contributed by atoms with Crippen LogP contribution in [0.4, 0.5) is 0 Å². The van der Waals surface area contributed by atoms with Gasteiger partial charge in [-0.1, -0.05) is 42.5 Å². The predicted molar refractivity (Wildman–Crippen MR) is 108 cm³/mol. The molecule has 1 amide bonds. The summed E-state index contributed by atoms with van der Waals surface area (Å²) >= 11 is 0. The van der Waals surface area contributed by atoms with E-state index in [-0.39, 0.29) is 12.5 Å². The molecule has 0 bridgehead atoms. The SMILES string of the molecule is CC(=O)N(CCCc1ccccc1)CCNS(=O)(=O)c1cc(C)ccc1C. The summed E-state index contributed by atoms with van der Waals surface area (Å²) in [5.74, 6) is -0.0472. The normalized spacial score (nSPS) is 11.4. The van der Waals surface area contributed by atoms with Crippen molar-refractivity contribution < 1.29 is 13.2 Å². The van der Waals surface area contributed by atoms with E-state index in [1.54, 1.807) is 24.0 Å². The van der Waals surface area contributed by atoms with Crippen molar-refractivity contribution in [2.75, 3.05) is 19.6 Å². The Balaban J connectivity index is 1.88. The Kier molecular flexibility index (Phi) is 7.56. The standard InChI is InChI=1S/C21H28N2O3S/c1-17-11-12-18(2)21(16-17)27(25,26)22-13-15-23(19(3)24)14-7-10-20-8-5-4-6-9-20/h4-6,8-9,11-12,16,22H,7,10,13-15H2,1-3H3. The van der Waals surface area contributed by atoms with Crippen molar-refractivity contribution >= 4 is 15.9 Å². The minimum absolute atomic E-state index is 0.0472. The van der Waals surface area contributed by atoms with Crippen LogP contribution in [0.2, 0.25) is 0 Å². The first-order chi connectivity index (χ1) is 12.8. The van der Waals surface area contributed by atoms with Gasteiger partial charge in [-0.05, 0) is 49.4 Å². The number of aryl methyl sites for hydroxylation is 3. The molecule has 2 aromatic carbocycles. The molecular formula is C21H28N2O3S. The fourth-order valence-corrected chi connectivity index (χ4v) is 4.28. The Labute approximate surface area is 162 Å².